The fourth-order valence-corrected chi connectivity index (χ4v) is 3.83. The molecular formula is C18H25N3O5S. The third-order valence-electron chi connectivity index (χ3n) is 4.59. The first-order chi connectivity index (χ1) is 12.7. The Hall–Kier alpha value is -2.15. The van der Waals surface area contributed by atoms with Crippen LogP contribution in [0.25, 0.3) is 0 Å². The van der Waals surface area contributed by atoms with E-state index >= 15 is 0 Å². The molecule has 0 aliphatic carbocycles. The minimum Gasteiger partial charge on any atom is -0.484 e. The first kappa shape index (κ1) is 21.2. The van der Waals surface area contributed by atoms with Gasteiger partial charge in [0.15, 0.2) is 6.61 Å². The van der Waals surface area contributed by atoms with E-state index in [2.05, 4.69) is 11.4 Å². The molecule has 8 nitrogen and oxygen atoms in total. The van der Waals surface area contributed by atoms with Crippen LogP contribution in [0.2, 0.25) is 0 Å². The second-order valence-corrected chi connectivity index (χ2v) is 8.73. The molecule has 0 spiro atoms. The topological polar surface area (TPSA) is 109 Å². The van der Waals surface area contributed by atoms with Gasteiger partial charge in [0.1, 0.15) is 11.3 Å². The van der Waals surface area contributed by atoms with Crippen molar-refractivity contribution in [2.24, 2.45) is 5.92 Å². The van der Waals surface area contributed by atoms with Crippen molar-refractivity contribution >= 4 is 15.9 Å². The average Bonchev–Trinajstić information content (AvgIpc) is 2.67. The zero-order valence-electron chi connectivity index (χ0n) is 15.8. The number of hydrogen-bond acceptors (Lipinski definition) is 6. The smallest absolute Gasteiger partial charge is 0.259 e. The number of morpholine rings is 1. The lowest BCUT2D eigenvalue weighted by atomic mass is 9.90. The Morgan fingerprint density at radius 2 is 1.93 bits per heavy atom. The molecule has 1 saturated heterocycles. The Kier molecular flexibility index (Phi) is 6.81. The molecule has 0 aromatic heterocycles. The summed E-state index contributed by atoms with van der Waals surface area (Å²) in [5.41, 5.74) is -0.976. The van der Waals surface area contributed by atoms with Crippen LogP contribution in [-0.2, 0) is 19.6 Å². The fourth-order valence-electron chi connectivity index (χ4n) is 2.42. The molecule has 1 N–H and O–H groups in total. The normalized spacial score (nSPS) is 17.7. The van der Waals surface area contributed by atoms with Crippen LogP contribution in [0.5, 0.6) is 5.75 Å². The zero-order valence-corrected chi connectivity index (χ0v) is 16.6. The summed E-state index contributed by atoms with van der Waals surface area (Å²) >= 11 is 0. The Morgan fingerprint density at radius 1 is 1.33 bits per heavy atom. The summed E-state index contributed by atoms with van der Waals surface area (Å²) in [6.07, 6.45) is 0. The molecule has 1 fully saturated rings. The van der Waals surface area contributed by atoms with Crippen LogP contribution >= 0.6 is 0 Å². The van der Waals surface area contributed by atoms with Crippen LogP contribution in [-0.4, -0.2) is 57.1 Å². The largest absolute Gasteiger partial charge is 0.484 e. The molecule has 0 bridgehead atoms. The Balaban J connectivity index is 1.96. The average molecular weight is 395 g/mol. The molecule has 148 valence electrons. The van der Waals surface area contributed by atoms with E-state index in [-0.39, 0.29) is 17.4 Å². The molecule has 27 heavy (non-hydrogen) atoms. The van der Waals surface area contributed by atoms with Crippen LogP contribution in [0.15, 0.2) is 29.2 Å². The van der Waals surface area contributed by atoms with Crippen molar-refractivity contribution in [3.8, 4) is 11.8 Å². The summed E-state index contributed by atoms with van der Waals surface area (Å²) in [4.78, 5) is 12.2. The number of rotatable bonds is 7. The number of hydrogen-bond donors (Lipinski definition) is 1. The minimum absolute atomic E-state index is 0.0591. The quantitative estimate of drug-likeness (QED) is 0.742. The molecule has 1 aliphatic heterocycles. The monoisotopic (exact) mass is 395 g/mol. The molecule has 0 saturated carbocycles. The van der Waals surface area contributed by atoms with Gasteiger partial charge in [-0.1, -0.05) is 13.8 Å². The Morgan fingerprint density at radius 3 is 2.44 bits per heavy atom. The Labute approximate surface area is 160 Å². The van der Waals surface area contributed by atoms with E-state index < -0.39 is 21.5 Å². The van der Waals surface area contributed by atoms with Crippen molar-refractivity contribution in [2.75, 3.05) is 32.9 Å². The van der Waals surface area contributed by atoms with Crippen molar-refractivity contribution < 1.29 is 22.7 Å². The van der Waals surface area contributed by atoms with Gasteiger partial charge in [0.05, 0.1) is 24.2 Å². The predicted octanol–water partition coefficient (Wildman–Crippen LogP) is 1.14. The van der Waals surface area contributed by atoms with Gasteiger partial charge in [0.2, 0.25) is 10.0 Å². The molecule has 2 rings (SSSR count). The number of nitriles is 1. The molecule has 1 aromatic carbocycles. The molecule has 1 aromatic rings. The molecule has 0 unspecified atom stereocenters. The van der Waals surface area contributed by atoms with Gasteiger partial charge in [0, 0.05) is 13.1 Å². The molecule has 0 radical (unpaired) electrons. The standard InChI is InChI=1S/C18H25N3O5S/c1-14(2)18(3,13-19)20-17(22)12-26-15-4-6-16(7-5-15)27(23,24)21-8-10-25-11-9-21/h4-7,14H,8-12H2,1-3H3,(H,20,22)/t18-/m0/s1. The molecular weight excluding hydrogens is 370 g/mol. The maximum atomic E-state index is 12.6. The van der Waals surface area contributed by atoms with Gasteiger partial charge in [-0.15, -0.1) is 0 Å². The van der Waals surface area contributed by atoms with E-state index in [1.165, 1.54) is 28.6 Å². The van der Waals surface area contributed by atoms with Crippen LogP contribution in [0.4, 0.5) is 0 Å². The SMILES string of the molecule is CC(C)[C@](C)(C#N)NC(=O)COc1ccc(S(=O)(=O)N2CCOCC2)cc1. The summed E-state index contributed by atoms with van der Waals surface area (Å²) in [7, 11) is -3.56. The van der Waals surface area contributed by atoms with Crippen LogP contribution in [0.1, 0.15) is 20.8 Å². The summed E-state index contributed by atoms with van der Waals surface area (Å²) in [6.45, 7) is 6.50. The number of sulfonamides is 1. The number of ether oxygens (including phenoxy) is 2. The third-order valence-corrected chi connectivity index (χ3v) is 6.50. The van der Waals surface area contributed by atoms with Gasteiger partial charge in [-0.25, -0.2) is 8.42 Å². The first-order valence-corrected chi connectivity index (χ1v) is 10.2. The van der Waals surface area contributed by atoms with E-state index in [9.17, 15) is 18.5 Å². The minimum atomic E-state index is -3.56. The number of nitrogens with one attached hydrogen (secondary N) is 1. The molecule has 1 aliphatic rings. The Bertz CT molecular complexity index is 795. The number of carbonyl (C=O) groups is 1. The van der Waals surface area contributed by atoms with Crippen LogP contribution in [0.3, 0.4) is 0 Å². The predicted molar refractivity (Wildman–Crippen MR) is 98.5 cm³/mol. The maximum absolute atomic E-state index is 12.6. The van der Waals surface area contributed by atoms with E-state index in [1.807, 2.05) is 13.8 Å². The molecule has 1 amide bonds. The summed E-state index contributed by atoms with van der Waals surface area (Å²) < 4.78 is 37.1. The summed E-state index contributed by atoms with van der Waals surface area (Å²) in [5, 5.41) is 11.9. The summed E-state index contributed by atoms with van der Waals surface area (Å²) in [6, 6.07) is 8.01. The van der Waals surface area contributed by atoms with Crippen LogP contribution < -0.4 is 10.1 Å². The summed E-state index contributed by atoms with van der Waals surface area (Å²) in [5.74, 6) is -0.108. The number of nitrogens with zero attached hydrogens (tertiary/aromatic N) is 2. The van der Waals surface area contributed by atoms with Gasteiger partial charge >= 0.3 is 0 Å². The van der Waals surface area contributed by atoms with Gasteiger partial charge in [-0.05, 0) is 37.1 Å². The molecule has 1 heterocycles. The lowest BCUT2D eigenvalue weighted by Crippen LogP contribution is -2.50. The third kappa shape index (κ3) is 5.19. The van der Waals surface area contributed by atoms with Crippen molar-refractivity contribution in [1.82, 2.24) is 9.62 Å². The number of carbonyl (C=O) groups excluding carboxylic acids is 1. The van der Waals surface area contributed by atoms with Gasteiger partial charge in [-0.3, -0.25) is 4.79 Å². The van der Waals surface area contributed by atoms with Crippen molar-refractivity contribution in [3.63, 3.8) is 0 Å². The van der Waals surface area contributed by atoms with E-state index in [1.54, 1.807) is 6.92 Å². The van der Waals surface area contributed by atoms with Crippen molar-refractivity contribution in [1.29, 1.82) is 5.26 Å². The highest BCUT2D eigenvalue weighted by atomic mass is 32.2. The van der Waals surface area contributed by atoms with Gasteiger partial charge < -0.3 is 14.8 Å². The highest BCUT2D eigenvalue weighted by molar-refractivity contribution is 7.89. The fraction of sp³-hybridized carbons (Fsp3) is 0.556. The lowest BCUT2D eigenvalue weighted by Gasteiger charge is -2.27. The first-order valence-electron chi connectivity index (χ1n) is 8.72. The zero-order chi connectivity index (χ0) is 20.1. The lowest BCUT2D eigenvalue weighted by molar-refractivity contribution is -0.124. The van der Waals surface area contributed by atoms with Crippen molar-refractivity contribution in [3.05, 3.63) is 24.3 Å². The van der Waals surface area contributed by atoms with Crippen molar-refractivity contribution in [2.45, 2.75) is 31.2 Å². The maximum Gasteiger partial charge on any atom is 0.259 e. The van der Waals surface area contributed by atoms with Crippen LogP contribution in [0, 0.1) is 17.2 Å². The van der Waals surface area contributed by atoms with E-state index in [4.69, 9.17) is 9.47 Å². The molecule has 1 atom stereocenters. The van der Waals surface area contributed by atoms with Gasteiger partial charge in [-0.2, -0.15) is 9.57 Å². The second kappa shape index (κ2) is 8.69. The highest BCUT2D eigenvalue weighted by Gasteiger charge is 2.30. The number of amides is 1. The van der Waals surface area contributed by atoms with Gasteiger partial charge in [0.25, 0.3) is 5.91 Å². The molecule has 9 heteroatoms. The highest BCUT2D eigenvalue weighted by Crippen LogP contribution is 2.20. The van der Waals surface area contributed by atoms with E-state index in [0.29, 0.717) is 32.1 Å². The van der Waals surface area contributed by atoms with E-state index in [0.717, 1.165) is 0 Å². The second-order valence-electron chi connectivity index (χ2n) is 6.79. The number of benzene rings is 1.